The first-order valence-corrected chi connectivity index (χ1v) is 7.28. The molecule has 0 aromatic heterocycles. The second-order valence-electron chi connectivity index (χ2n) is 5.72. The summed E-state index contributed by atoms with van der Waals surface area (Å²) in [7, 11) is 0. The van der Waals surface area contributed by atoms with Gasteiger partial charge in [0.15, 0.2) is 5.79 Å². The van der Waals surface area contributed by atoms with Gasteiger partial charge in [-0.3, -0.25) is 0 Å². The first-order valence-electron chi connectivity index (χ1n) is 7.28. The lowest BCUT2D eigenvalue weighted by molar-refractivity contribution is -0.226. The van der Waals surface area contributed by atoms with Crippen molar-refractivity contribution in [2.45, 2.75) is 45.3 Å². The Kier molecular flexibility index (Phi) is 5.21. The Morgan fingerprint density at radius 2 is 1.75 bits per heavy atom. The quantitative estimate of drug-likeness (QED) is 0.652. The van der Waals surface area contributed by atoms with E-state index in [0.29, 0.717) is 25.4 Å². The van der Waals surface area contributed by atoms with E-state index in [9.17, 15) is 5.11 Å². The smallest absolute Gasteiger partial charge is 0.163 e. The molecule has 0 atom stereocenters. The highest BCUT2D eigenvalue weighted by Crippen LogP contribution is 2.23. The number of hydrogen-bond donors (Lipinski definition) is 1. The molecule has 0 aliphatic carbocycles. The number of unbranched alkanes of at least 4 members (excludes halogenated alkanes) is 1. The van der Waals surface area contributed by atoms with E-state index >= 15 is 0 Å². The number of hydrogen-bond acceptors (Lipinski definition) is 3. The minimum atomic E-state index is -0.531. The average Bonchev–Trinajstić information content (AvgIpc) is 2.44. The van der Waals surface area contributed by atoms with E-state index in [1.54, 1.807) is 0 Å². The molecular formula is C17H24O3. The highest BCUT2D eigenvalue weighted by molar-refractivity contribution is 5.15. The standard InChI is InChI=1S/C17H24O3/c1-17(2)19-12-15(13-20-17)16(18)11-7-6-10-14-8-4-3-5-9-14/h3-5,8-9,18H,6-7,10-13H2,1-2H3. The van der Waals surface area contributed by atoms with Gasteiger partial charge in [-0.25, -0.2) is 0 Å². The number of aliphatic hydroxyl groups excluding tert-OH is 1. The lowest BCUT2D eigenvalue weighted by atomic mass is 10.1. The normalized spacial score (nSPS) is 18.0. The molecule has 3 heteroatoms. The largest absolute Gasteiger partial charge is 0.512 e. The van der Waals surface area contributed by atoms with Gasteiger partial charge in [0.1, 0.15) is 0 Å². The van der Waals surface area contributed by atoms with E-state index in [1.807, 2.05) is 19.9 Å². The highest BCUT2D eigenvalue weighted by atomic mass is 16.7. The van der Waals surface area contributed by atoms with E-state index in [2.05, 4.69) is 24.3 Å². The number of rotatable bonds is 5. The van der Waals surface area contributed by atoms with Gasteiger partial charge in [0.2, 0.25) is 0 Å². The molecule has 1 aliphatic rings. The van der Waals surface area contributed by atoms with Crippen LogP contribution in [0.2, 0.25) is 0 Å². The summed E-state index contributed by atoms with van der Waals surface area (Å²) in [6.45, 7) is 4.72. The van der Waals surface area contributed by atoms with Crippen LogP contribution in [0.5, 0.6) is 0 Å². The van der Waals surface area contributed by atoms with Crippen LogP contribution in [0.15, 0.2) is 41.7 Å². The predicted octanol–water partition coefficient (Wildman–Crippen LogP) is 3.99. The number of allylic oxidation sites excluding steroid dienone is 1. The summed E-state index contributed by atoms with van der Waals surface area (Å²) in [5, 5.41) is 10.1. The molecule has 20 heavy (non-hydrogen) atoms. The summed E-state index contributed by atoms with van der Waals surface area (Å²) in [6, 6.07) is 10.4. The van der Waals surface area contributed by atoms with Crippen molar-refractivity contribution in [1.29, 1.82) is 0 Å². The van der Waals surface area contributed by atoms with Crippen LogP contribution in [-0.2, 0) is 15.9 Å². The summed E-state index contributed by atoms with van der Waals surface area (Å²) < 4.78 is 11.1. The van der Waals surface area contributed by atoms with Crippen molar-refractivity contribution in [2.24, 2.45) is 0 Å². The number of aliphatic hydroxyl groups is 1. The van der Waals surface area contributed by atoms with Gasteiger partial charge in [-0.15, -0.1) is 0 Å². The number of benzene rings is 1. The SMILES string of the molecule is CC1(C)OCC(=C(O)CCCCc2ccccc2)CO1. The van der Waals surface area contributed by atoms with Gasteiger partial charge in [0, 0.05) is 12.0 Å². The first-order chi connectivity index (χ1) is 9.57. The van der Waals surface area contributed by atoms with Gasteiger partial charge in [-0.05, 0) is 38.7 Å². The average molecular weight is 276 g/mol. The second kappa shape index (κ2) is 6.91. The molecule has 3 nitrogen and oxygen atoms in total. The maximum Gasteiger partial charge on any atom is 0.163 e. The molecule has 2 rings (SSSR count). The maximum atomic E-state index is 10.1. The zero-order valence-corrected chi connectivity index (χ0v) is 12.4. The van der Waals surface area contributed by atoms with E-state index in [4.69, 9.17) is 9.47 Å². The Morgan fingerprint density at radius 1 is 1.10 bits per heavy atom. The zero-order chi connectivity index (χ0) is 14.4. The summed E-state index contributed by atoms with van der Waals surface area (Å²) >= 11 is 0. The molecule has 0 unspecified atom stereocenters. The van der Waals surface area contributed by atoms with Crippen molar-refractivity contribution in [1.82, 2.24) is 0 Å². The third kappa shape index (κ3) is 4.66. The Balaban J connectivity index is 1.71. The van der Waals surface area contributed by atoms with E-state index in [0.717, 1.165) is 24.8 Å². The molecule has 110 valence electrons. The van der Waals surface area contributed by atoms with Crippen LogP contribution in [0.3, 0.4) is 0 Å². The van der Waals surface area contributed by atoms with Gasteiger partial charge in [0.25, 0.3) is 0 Å². The first kappa shape index (κ1) is 15.1. The summed E-state index contributed by atoms with van der Waals surface area (Å²) in [6.07, 6.45) is 3.82. The van der Waals surface area contributed by atoms with Crippen LogP contribution in [0.1, 0.15) is 38.7 Å². The monoisotopic (exact) mass is 276 g/mol. The van der Waals surface area contributed by atoms with Crippen molar-refractivity contribution in [3.8, 4) is 0 Å². The summed E-state index contributed by atoms with van der Waals surface area (Å²) in [5.74, 6) is -0.0922. The van der Waals surface area contributed by atoms with Crippen LogP contribution in [0.25, 0.3) is 0 Å². The Hall–Kier alpha value is -1.32. The molecular weight excluding hydrogens is 252 g/mol. The third-order valence-electron chi connectivity index (χ3n) is 3.57. The molecule has 0 radical (unpaired) electrons. The minimum absolute atomic E-state index is 0.438. The topological polar surface area (TPSA) is 38.7 Å². The molecule has 0 saturated carbocycles. The molecule has 1 fully saturated rings. The third-order valence-corrected chi connectivity index (χ3v) is 3.57. The molecule has 1 heterocycles. The molecule has 1 aromatic rings. The number of aryl methyl sites for hydroxylation is 1. The van der Waals surface area contributed by atoms with Gasteiger partial charge in [0.05, 0.1) is 19.0 Å². The van der Waals surface area contributed by atoms with Crippen molar-refractivity contribution < 1.29 is 14.6 Å². The molecule has 1 saturated heterocycles. The highest BCUT2D eigenvalue weighted by Gasteiger charge is 2.26. The second-order valence-corrected chi connectivity index (χ2v) is 5.72. The van der Waals surface area contributed by atoms with Gasteiger partial charge < -0.3 is 14.6 Å². The van der Waals surface area contributed by atoms with Crippen molar-refractivity contribution in [3.05, 3.63) is 47.2 Å². The van der Waals surface area contributed by atoms with Gasteiger partial charge in [-0.1, -0.05) is 30.3 Å². The van der Waals surface area contributed by atoms with Crippen LogP contribution in [0.4, 0.5) is 0 Å². The molecule has 1 aromatic carbocycles. The lowest BCUT2D eigenvalue weighted by Gasteiger charge is -2.32. The Morgan fingerprint density at radius 3 is 2.40 bits per heavy atom. The fraction of sp³-hybridized carbons (Fsp3) is 0.529. The van der Waals surface area contributed by atoms with Crippen LogP contribution < -0.4 is 0 Å². The maximum absolute atomic E-state index is 10.1. The molecule has 0 bridgehead atoms. The molecule has 1 aliphatic heterocycles. The van der Waals surface area contributed by atoms with Gasteiger partial charge in [-0.2, -0.15) is 0 Å². The van der Waals surface area contributed by atoms with Crippen molar-refractivity contribution in [2.75, 3.05) is 13.2 Å². The molecule has 0 spiro atoms. The fourth-order valence-corrected chi connectivity index (χ4v) is 2.21. The molecule has 0 amide bonds. The van der Waals surface area contributed by atoms with Crippen molar-refractivity contribution >= 4 is 0 Å². The van der Waals surface area contributed by atoms with Crippen LogP contribution >= 0.6 is 0 Å². The lowest BCUT2D eigenvalue weighted by Crippen LogP contribution is -2.36. The van der Waals surface area contributed by atoms with E-state index in [-0.39, 0.29) is 0 Å². The minimum Gasteiger partial charge on any atom is -0.512 e. The summed E-state index contributed by atoms with van der Waals surface area (Å²) in [5.41, 5.74) is 2.23. The van der Waals surface area contributed by atoms with Gasteiger partial charge >= 0.3 is 0 Å². The summed E-state index contributed by atoms with van der Waals surface area (Å²) in [4.78, 5) is 0. The van der Waals surface area contributed by atoms with Crippen LogP contribution in [-0.4, -0.2) is 24.1 Å². The zero-order valence-electron chi connectivity index (χ0n) is 12.4. The van der Waals surface area contributed by atoms with E-state index in [1.165, 1.54) is 5.56 Å². The van der Waals surface area contributed by atoms with E-state index < -0.39 is 5.79 Å². The Labute approximate surface area is 121 Å². The fourth-order valence-electron chi connectivity index (χ4n) is 2.21. The van der Waals surface area contributed by atoms with Crippen LogP contribution in [0, 0.1) is 0 Å². The number of ether oxygens (including phenoxy) is 2. The Bertz CT molecular complexity index is 437. The van der Waals surface area contributed by atoms with Crippen molar-refractivity contribution in [3.63, 3.8) is 0 Å². The predicted molar refractivity (Wildman–Crippen MR) is 79.6 cm³/mol. The molecule has 1 N–H and O–H groups in total.